The van der Waals surface area contributed by atoms with Gasteiger partial charge in [-0.15, -0.1) is 0 Å². The van der Waals surface area contributed by atoms with Crippen LogP contribution >= 0.6 is 0 Å². The Labute approximate surface area is 92.8 Å². The van der Waals surface area contributed by atoms with E-state index in [0.29, 0.717) is 25.7 Å². The molecule has 0 saturated carbocycles. The van der Waals surface area contributed by atoms with E-state index >= 15 is 0 Å². The standard InChI is InChI=1S/C11H24N2O2/c1-4-10(7-8-12)13(5-2)9-11(14)15-6-3/h10H,4-9,12H2,1-3H3. The summed E-state index contributed by atoms with van der Waals surface area (Å²) in [6, 6.07) is 0.393. The van der Waals surface area contributed by atoms with E-state index in [1.54, 1.807) is 0 Å². The maximum Gasteiger partial charge on any atom is 0.320 e. The van der Waals surface area contributed by atoms with E-state index in [2.05, 4.69) is 18.7 Å². The van der Waals surface area contributed by atoms with E-state index in [0.717, 1.165) is 19.4 Å². The van der Waals surface area contributed by atoms with Crippen LogP contribution in [0.4, 0.5) is 0 Å². The molecule has 0 amide bonds. The Hall–Kier alpha value is -0.610. The first-order chi connectivity index (χ1) is 7.19. The molecule has 0 radical (unpaired) electrons. The van der Waals surface area contributed by atoms with Crippen molar-refractivity contribution in [3.63, 3.8) is 0 Å². The van der Waals surface area contributed by atoms with Crippen LogP contribution in [0.5, 0.6) is 0 Å². The van der Waals surface area contributed by atoms with Crippen LogP contribution in [0.25, 0.3) is 0 Å². The smallest absolute Gasteiger partial charge is 0.320 e. The van der Waals surface area contributed by atoms with E-state index in [1.807, 2.05) is 6.92 Å². The Bertz CT molecular complexity index is 174. The van der Waals surface area contributed by atoms with E-state index in [9.17, 15) is 4.79 Å². The Morgan fingerprint density at radius 2 is 2.07 bits per heavy atom. The average molecular weight is 216 g/mol. The minimum atomic E-state index is -0.144. The van der Waals surface area contributed by atoms with E-state index in [-0.39, 0.29) is 5.97 Å². The molecular formula is C11H24N2O2. The lowest BCUT2D eigenvalue weighted by molar-refractivity contribution is -0.145. The van der Waals surface area contributed by atoms with Crippen molar-refractivity contribution in [1.29, 1.82) is 0 Å². The van der Waals surface area contributed by atoms with E-state index in [1.165, 1.54) is 0 Å². The summed E-state index contributed by atoms with van der Waals surface area (Å²) in [5.74, 6) is -0.144. The van der Waals surface area contributed by atoms with Gasteiger partial charge in [-0.2, -0.15) is 0 Å². The highest BCUT2D eigenvalue weighted by Crippen LogP contribution is 2.07. The molecule has 0 aliphatic heterocycles. The van der Waals surface area contributed by atoms with Crippen LogP contribution in [0, 0.1) is 0 Å². The van der Waals surface area contributed by atoms with Crippen molar-refractivity contribution in [3.8, 4) is 0 Å². The lowest BCUT2D eigenvalue weighted by atomic mass is 10.1. The molecule has 2 N–H and O–H groups in total. The molecule has 1 atom stereocenters. The highest BCUT2D eigenvalue weighted by atomic mass is 16.5. The largest absolute Gasteiger partial charge is 0.465 e. The summed E-state index contributed by atoms with van der Waals surface area (Å²) in [6.07, 6.45) is 1.95. The zero-order chi connectivity index (χ0) is 11.7. The predicted octanol–water partition coefficient (Wildman–Crippen LogP) is 0.999. The average Bonchev–Trinajstić information content (AvgIpc) is 2.23. The molecule has 15 heavy (non-hydrogen) atoms. The van der Waals surface area contributed by atoms with Gasteiger partial charge in [0.25, 0.3) is 0 Å². The summed E-state index contributed by atoms with van der Waals surface area (Å²) in [7, 11) is 0. The Kier molecular flexibility index (Phi) is 8.33. The molecule has 90 valence electrons. The maximum atomic E-state index is 11.3. The molecule has 0 aliphatic carbocycles. The van der Waals surface area contributed by atoms with Gasteiger partial charge in [0.1, 0.15) is 0 Å². The van der Waals surface area contributed by atoms with Gasteiger partial charge in [-0.1, -0.05) is 13.8 Å². The van der Waals surface area contributed by atoms with Crippen LogP contribution < -0.4 is 5.73 Å². The zero-order valence-electron chi connectivity index (χ0n) is 10.2. The second kappa shape index (κ2) is 8.68. The molecule has 4 nitrogen and oxygen atoms in total. The summed E-state index contributed by atoms with van der Waals surface area (Å²) in [6.45, 7) is 8.35. The fraction of sp³-hybridized carbons (Fsp3) is 0.909. The first-order valence-electron chi connectivity index (χ1n) is 5.79. The van der Waals surface area contributed by atoms with Crippen molar-refractivity contribution in [2.75, 3.05) is 26.2 Å². The molecule has 0 spiro atoms. The molecule has 0 rings (SSSR count). The Morgan fingerprint density at radius 1 is 1.40 bits per heavy atom. The topological polar surface area (TPSA) is 55.6 Å². The van der Waals surface area contributed by atoms with Gasteiger partial charge in [0.15, 0.2) is 0 Å². The molecule has 0 aromatic carbocycles. The molecule has 0 aromatic heterocycles. The molecule has 0 aromatic rings. The number of carbonyl (C=O) groups is 1. The molecule has 0 aliphatic rings. The number of hydrogen-bond donors (Lipinski definition) is 1. The van der Waals surface area contributed by atoms with Gasteiger partial charge in [-0.05, 0) is 32.9 Å². The van der Waals surface area contributed by atoms with Gasteiger partial charge in [0, 0.05) is 6.04 Å². The third-order valence-electron chi connectivity index (χ3n) is 2.53. The maximum absolute atomic E-state index is 11.3. The second-order valence-electron chi connectivity index (χ2n) is 3.51. The fourth-order valence-electron chi connectivity index (χ4n) is 1.71. The first kappa shape index (κ1) is 14.4. The number of nitrogens with two attached hydrogens (primary N) is 1. The molecule has 0 saturated heterocycles. The number of esters is 1. The van der Waals surface area contributed by atoms with E-state index in [4.69, 9.17) is 10.5 Å². The SMILES string of the molecule is CCOC(=O)CN(CC)C(CC)CCN. The van der Waals surface area contributed by atoms with Crippen molar-refractivity contribution >= 4 is 5.97 Å². The predicted molar refractivity (Wildman–Crippen MR) is 61.6 cm³/mol. The van der Waals surface area contributed by atoms with Crippen LogP contribution in [0.2, 0.25) is 0 Å². The normalized spacial score (nSPS) is 12.9. The first-order valence-corrected chi connectivity index (χ1v) is 5.79. The number of hydrogen-bond acceptors (Lipinski definition) is 4. The van der Waals surface area contributed by atoms with Gasteiger partial charge in [-0.3, -0.25) is 9.69 Å². The van der Waals surface area contributed by atoms with Crippen molar-refractivity contribution in [2.24, 2.45) is 5.73 Å². The monoisotopic (exact) mass is 216 g/mol. The molecule has 0 heterocycles. The van der Waals surface area contributed by atoms with Crippen LogP contribution in [0.3, 0.4) is 0 Å². The summed E-state index contributed by atoms with van der Waals surface area (Å²) in [5.41, 5.74) is 5.54. The van der Waals surface area contributed by atoms with Gasteiger partial charge in [0.2, 0.25) is 0 Å². The second-order valence-corrected chi connectivity index (χ2v) is 3.51. The van der Waals surface area contributed by atoms with Crippen LogP contribution in [-0.4, -0.2) is 43.2 Å². The van der Waals surface area contributed by atoms with Gasteiger partial charge in [0.05, 0.1) is 13.2 Å². The van der Waals surface area contributed by atoms with Crippen molar-refractivity contribution in [3.05, 3.63) is 0 Å². The number of rotatable bonds is 8. The van der Waals surface area contributed by atoms with Crippen molar-refractivity contribution < 1.29 is 9.53 Å². The summed E-state index contributed by atoms with van der Waals surface area (Å²) in [5, 5.41) is 0. The van der Waals surface area contributed by atoms with E-state index < -0.39 is 0 Å². The van der Waals surface area contributed by atoms with Gasteiger partial charge < -0.3 is 10.5 Å². The highest BCUT2D eigenvalue weighted by molar-refractivity contribution is 5.71. The minimum Gasteiger partial charge on any atom is -0.465 e. The van der Waals surface area contributed by atoms with Crippen molar-refractivity contribution in [1.82, 2.24) is 4.90 Å². The number of likely N-dealkylation sites (N-methyl/N-ethyl adjacent to an activating group) is 1. The third kappa shape index (κ3) is 5.74. The minimum absolute atomic E-state index is 0.144. The molecule has 4 heteroatoms. The number of ether oxygens (including phenoxy) is 1. The Balaban J connectivity index is 4.13. The fourth-order valence-corrected chi connectivity index (χ4v) is 1.71. The van der Waals surface area contributed by atoms with Crippen LogP contribution in [0.1, 0.15) is 33.6 Å². The molecule has 0 fully saturated rings. The molecule has 0 bridgehead atoms. The molecule has 1 unspecified atom stereocenters. The third-order valence-corrected chi connectivity index (χ3v) is 2.53. The number of nitrogens with zero attached hydrogens (tertiary/aromatic N) is 1. The van der Waals surface area contributed by atoms with Crippen molar-refractivity contribution in [2.45, 2.75) is 39.7 Å². The highest BCUT2D eigenvalue weighted by Gasteiger charge is 2.17. The zero-order valence-corrected chi connectivity index (χ0v) is 10.2. The lowest BCUT2D eigenvalue weighted by Crippen LogP contribution is -2.40. The molecular weight excluding hydrogens is 192 g/mol. The van der Waals surface area contributed by atoms with Crippen LogP contribution in [0.15, 0.2) is 0 Å². The quantitative estimate of drug-likeness (QED) is 0.615. The Morgan fingerprint density at radius 3 is 2.47 bits per heavy atom. The van der Waals surface area contributed by atoms with Crippen LogP contribution in [-0.2, 0) is 9.53 Å². The lowest BCUT2D eigenvalue weighted by Gasteiger charge is -2.28. The number of carbonyl (C=O) groups excluding carboxylic acids is 1. The summed E-state index contributed by atoms with van der Waals surface area (Å²) in [4.78, 5) is 13.5. The summed E-state index contributed by atoms with van der Waals surface area (Å²) >= 11 is 0. The summed E-state index contributed by atoms with van der Waals surface area (Å²) < 4.78 is 4.94. The van der Waals surface area contributed by atoms with Gasteiger partial charge >= 0.3 is 5.97 Å². The van der Waals surface area contributed by atoms with Gasteiger partial charge in [-0.25, -0.2) is 0 Å².